The van der Waals surface area contributed by atoms with E-state index in [4.69, 9.17) is 15.6 Å². The summed E-state index contributed by atoms with van der Waals surface area (Å²) in [6.07, 6.45) is 2.57. The van der Waals surface area contributed by atoms with E-state index in [1.54, 1.807) is 0 Å². The van der Waals surface area contributed by atoms with E-state index in [9.17, 15) is 0 Å². The van der Waals surface area contributed by atoms with Gasteiger partial charge in [-0.3, -0.25) is 0 Å². The molecule has 0 bridgehead atoms. The fourth-order valence-corrected chi connectivity index (χ4v) is 1.15. The summed E-state index contributed by atoms with van der Waals surface area (Å²) in [5.74, 6) is 0. The molecule has 0 rings (SSSR count). The van der Waals surface area contributed by atoms with Gasteiger partial charge in [0.1, 0.15) is 0 Å². The van der Waals surface area contributed by atoms with Crippen molar-refractivity contribution in [2.75, 3.05) is 19.8 Å². The number of hydrogen-bond donors (Lipinski definition) is 2. The highest BCUT2D eigenvalue weighted by molar-refractivity contribution is 4.78. The third kappa shape index (κ3) is 3.52. The molecule has 3 N–H and O–H groups in total. The predicted octanol–water partition coefficient (Wildman–Crippen LogP) is 0.903. The lowest BCUT2D eigenvalue weighted by Crippen LogP contribution is -2.39. The molecule has 0 aromatic heterocycles. The summed E-state index contributed by atoms with van der Waals surface area (Å²) >= 11 is 0. The van der Waals surface area contributed by atoms with Crippen molar-refractivity contribution in [1.82, 2.24) is 0 Å². The molecule has 3 heteroatoms. The van der Waals surface area contributed by atoms with Gasteiger partial charge in [-0.25, -0.2) is 0 Å². The molecular formula is C9H21NO2. The van der Waals surface area contributed by atoms with Crippen molar-refractivity contribution >= 4 is 0 Å². The molecule has 0 aromatic carbocycles. The minimum absolute atomic E-state index is 0.158. The molecule has 0 saturated carbocycles. The maximum absolute atomic E-state index is 8.57. The molecule has 0 fully saturated rings. The Morgan fingerprint density at radius 3 is 2.25 bits per heavy atom. The third-order valence-corrected chi connectivity index (χ3v) is 2.37. The highest BCUT2D eigenvalue weighted by Gasteiger charge is 2.24. The summed E-state index contributed by atoms with van der Waals surface area (Å²) in [5.41, 5.74) is 5.47. The largest absolute Gasteiger partial charge is 0.396 e. The summed E-state index contributed by atoms with van der Waals surface area (Å²) < 4.78 is 5.63. The normalized spacial score (nSPS) is 12.0. The maximum Gasteiger partial charge on any atom is 0.0798 e. The van der Waals surface area contributed by atoms with Gasteiger partial charge in [-0.1, -0.05) is 13.8 Å². The first-order chi connectivity index (χ1) is 5.74. The standard InChI is InChI=1S/C9H21NO2/c1-3-9(4-2,8-10)12-7-5-6-11/h11H,3-8,10H2,1-2H3. The molecule has 0 amide bonds. The van der Waals surface area contributed by atoms with Crippen LogP contribution in [0.3, 0.4) is 0 Å². The van der Waals surface area contributed by atoms with Crippen LogP contribution in [0.4, 0.5) is 0 Å². The van der Waals surface area contributed by atoms with Gasteiger partial charge in [-0.15, -0.1) is 0 Å². The van der Waals surface area contributed by atoms with Crippen molar-refractivity contribution < 1.29 is 9.84 Å². The molecule has 0 aliphatic carbocycles. The molecule has 0 aliphatic heterocycles. The Hall–Kier alpha value is -0.120. The lowest BCUT2D eigenvalue weighted by Gasteiger charge is -2.30. The Balaban J connectivity index is 3.76. The smallest absolute Gasteiger partial charge is 0.0798 e. The minimum Gasteiger partial charge on any atom is -0.396 e. The summed E-state index contributed by atoms with van der Waals surface area (Å²) in [6, 6.07) is 0. The maximum atomic E-state index is 8.57. The fraction of sp³-hybridized carbons (Fsp3) is 1.00. The summed E-state index contributed by atoms with van der Waals surface area (Å²) in [7, 11) is 0. The molecular weight excluding hydrogens is 154 g/mol. The van der Waals surface area contributed by atoms with Crippen LogP contribution in [0.5, 0.6) is 0 Å². The molecule has 0 aromatic rings. The van der Waals surface area contributed by atoms with E-state index in [-0.39, 0.29) is 12.2 Å². The summed E-state index contributed by atoms with van der Waals surface area (Å²) in [5, 5.41) is 8.57. The zero-order chi connectivity index (χ0) is 9.45. The van der Waals surface area contributed by atoms with Gasteiger partial charge in [0, 0.05) is 19.8 Å². The van der Waals surface area contributed by atoms with Gasteiger partial charge in [0.2, 0.25) is 0 Å². The Morgan fingerprint density at radius 1 is 1.33 bits per heavy atom. The van der Waals surface area contributed by atoms with Crippen LogP contribution >= 0.6 is 0 Å². The van der Waals surface area contributed by atoms with Gasteiger partial charge in [-0.05, 0) is 19.3 Å². The van der Waals surface area contributed by atoms with E-state index in [0.29, 0.717) is 19.6 Å². The van der Waals surface area contributed by atoms with E-state index in [1.165, 1.54) is 0 Å². The van der Waals surface area contributed by atoms with Gasteiger partial charge in [-0.2, -0.15) is 0 Å². The van der Waals surface area contributed by atoms with E-state index in [0.717, 1.165) is 12.8 Å². The molecule has 0 radical (unpaired) electrons. The van der Waals surface area contributed by atoms with Gasteiger partial charge in [0.15, 0.2) is 0 Å². The molecule has 12 heavy (non-hydrogen) atoms. The molecule has 0 aliphatic rings. The first-order valence-corrected chi connectivity index (χ1v) is 4.69. The van der Waals surface area contributed by atoms with Crippen molar-refractivity contribution in [3.05, 3.63) is 0 Å². The third-order valence-electron chi connectivity index (χ3n) is 2.37. The summed E-state index contributed by atoms with van der Waals surface area (Å²) in [4.78, 5) is 0. The minimum atomic E-state index is -0.158. The second-order valence-corrected chi connectivity index (χ2v) is 3.02. The van der Waals surface area contributed by atoms with Crippen LogP contribution in [0, 0.1) is 0 Å². The van der Waals surface area contributed by atoms with Gasteiger partial charge in [0.05, 0.1) is 5.60 Å². The average Bonchev–Trinajstić information content (AvgIpc) is 2.14. The summed E-state index contributed by atoms with van der Waals surface area (Å²) in [6.45, 7) is 5.51. The number of nitrogens with two attached hydrogens (primary N) is 1. The first-order valence-electron chi connectivity index (χ1n) is 4.69. The van der Waals surface area contributed by atoms with Crippen LogP contribution in [0.2, 0.25) is 0 Å². The Bertz CT molecular complexity index is 94.4. The highest BCUT2D eigenvalue weighted by Crippen LogP contribution is 2.18. The zero-order valence-electron chi connectivity index (χ0n) is 8.18. The fourth-order valence-electron chi connectivity index (χ4n) is 1.15. The van der Waals surface area contributed by atoms with Gasteiger partial charge >= 0.3 is 0 Å². The average molecular weight is 175 g/mol. The van der Waals surface area contributed by atoms with E-state index < -0.39 is 0 Å². The Morgan fingerprint density at radius 2 is 1.92 bits per heavy atom. The molecule has 0 saturated heterocycles. The first kappa shape index (κ1) is 11.9. The predicted molar refractivity (Wildman–Crippen MR) is 50.0 cm³/mol. The van der Waals surface area contributed by atoms with E-state index in [1.807, 2.05) is 0 Å². The van der Waals surface area contributed by atoms with Crippen molar-refractivity contribution in [1.29, 1.82) is 0 Å². The molecule has 0 atom stereocenters. The molecule has 0 heterocycles. The molecule has 74 valence electrons. The van der Waals surface area contributed by atoms with Gasteiger partial charge in [0.25, 0.3) is 0 Å². The van der Waals surface area contributed by atoms with Crippen LogP contribution in [-0.4, -0.2) is 30.5 Å². The van der Waals surface area contributed by atoms with E-state index in [2.05, 4.69) is 13.8 Å². The number of aliphatic hydroxyl groups excluding tert-OH is 1. The van der Waals surface area contributed by atoms with Crippen molar-refractivity contribution in [2.45, 2.75) is 38.7 Å². The Labute approximate surface area is 74.9 Å². The monoisotopic (exact) mass is 175 g/mol. The molecule has 3 nitrogen and oxygen atoms in total. The highest BCUT2D eigenvalue weighted by atomic mass is 16.5. The van der Waals surface area contributed by atoms with Crippen LogP contribution in [0.1, 0.15) is 33.1 Å². The van der Waals surface area contributed by atoms with Crippen LogP contribution in [0.15, 0.2) is 0 Å². The van der Waals surface area contributed by atoms with Crippen molar-refractivity contribution in [3.63, 3.8) is 0 Å². The quantitative estimate of drug-likeness (QED) is 0.565. The topological polar surface area (TPSA) is 55.5 Å². The SMILES string of the molecule is CCC(CC)(CN)OCCCO. The molecule has 0 unspecified atom stereocenters. The van der Waals surface area contributed by atoms with Crippen LogP contribution in [-0.2, 0) is 4.74 Å². The second kappa shape index (κ2) is 6.40. The number of hydrogen-bond acceptors (Lipinski definition) is 3. The van der Waals surface area contributed by atoms with Gasteiger partial charge < -0.3 is 15.6 Å². The number of aliphatic hydroxyl groups is 1. The van der Waals surface area contributed by atoms with Crippen LogP contribution in [0.25, 0.3) is 0 Å². The zero-order valence-corrected chi connectivity index (χ0v) is 8.18. The second-order valence-electron chi connectivity index (χ2n) is 3.02. The van der Waals surface area contributed by atoms with Crippen LogP contribution < -0.4 is 5.73 Å². The van der Waals surface area contributed by atoms with Crippen molar-refractivity contribution in [3.8, 4) is 0 Å². The lowest BCUT2D eigenvalue weighted by atomic mass is 9.97. The van der Waals surface area contributed by atoms with E-state index >= 15 is 0 Å². The number of rotatable bonds is 7. The van der Waals surface area contributed by atoms with Crippen molar-refractivity contribution in [2.24, 2.45) is 5.73 Å². The molecule has 0 spiro atoms. The lowest BCUT2D eigenvalue weighted by molar-refractivity contribution is -0.0484. The Kier molecular flexibility index (Phi) is 6.34. The number of ether oxygens (including phenoxy) is 1.